The second kappa shape index (κ2) is 7.26. The van der Waals surface area contributed by atoms with Gasteiger partial charge in [0, 0.05) is 11.3 Å². The number of aryl methyl sites for hydroxylation is 1. The number of nitrogens with one attached hydrogen (secondary N) is 1. The Morgan fingerprint density at radius 3 is 2.73 bits per heavy atom. The van der Waals surface area contributed by atoms with Gasteiger partial charge in [-0.15, -0.1) is 0 Å². The smallest absolute Gasteiger partial charge is 0.262 e. The highest BCUT2D eigenvalue weighted by Crippen LogP contribution is 2.14. The number of anilines is 1. The molecule has 0 aliphatic heterocycles. The minimum absolute atomic E-state index is 0.0906. The van der Waals surface area contributed by atoms with E-state index in [4.69, 9.17) is 9.94 Å². The largest absolute Gasteiger partial charge is 0.484 e. The molecule has 0 saturated carbocycles. The molecule has 0 spiro atoms. The summed E-state index contributed by atoms with van der Waals surface area (Å²) in [7, 11) is 0. The fourth-order valence-corrected chi connectivity index (χ4v) is 1.94. The summed E-state index contributed by atoms with van der Waals surface area (Å²) >= 11 is 0. The summed E-state index contributed by atoms with van der Waals surface area (Å²) in [6.45, 7) is 3.55. The molecule has 0 aromatic heterocycles. The molecule has 2 N–H and O–H groups in total. The van der Waals surface area contributed by atoms with Gasteiger partial charge in [0.25, 0.3) is 5.91 Å². The molecule has 114 valence electrons. The van der Waals surface area contributed by atoms with Crippen LogP contribution in [-0.2, 0) is 4.79 Å². The highest BCUT2D eigenvalue weighted by molar-refractivity contribution is 5.98. The van der Waals surface area contributed by atoms with E-state index in [1.165, 1.54) is 0 Å². The fraction of sp³-hybridized carbons (Fsp3) is 0.176. The van der Waals surface area contributed by atoms with Crippen LogP contribution in [0.4, 0.5) is 5.69 Å². The van der Waals surface area contributed by atoms with E-state index in [0.717, 1.165) is 16.8 Å². The third-order valence-electron chi connectivity index (χ3n) is 3.07. The van der Waals surface area contributed by atoms with Crippen LogP contribution in [0.1, 0.15) is 18.1 Å². The number of hydrogen-bond donors (Lipinski definition) is 2. The summed E-state index contributed by atoms with van der Waals surface area (Å²) in [5.41, 5.74) is 3.03. The fourth-order valence-electron chi connectivity index (χ4n) is 1.94. The molecule has 5 heteroatoms. The summed E-state index contributed by atoms with van der Waals surface area (Å²) in [6, 6.07) is 14.6. The lowest BCUT2D eigenvalue weighted by Gasteiger charge is -2.09. The number of carbonyl (C=O) groups is 1. The second-order valence-electron chi connectivity index (χ2n) is 4.92. The predicted octanol–water partition coefficient (Wildman–Crippen LogP) is 3.21. The molecule has 0 bridgehead atoms. The Morgan fingerprint density at radius 1 is 1.23 bits per heavy atom. The van der Waals surface area contributed by atoms with Gasteiger partial charge in [-0.1, -0.05) is 29.4 Å². The summed E-state index contributed by atoms with van der Waals surface area (Å²) in [5.74, 6) is 0.309. The van der Waals surface area contributed by atoms with Gasteiger partial charge in [-0.05, 0) is 43.7 Å². The zero-order valence-electron chi connectivity index (χ0n) is 12.5. The van der Waals surface area contributed by atoms with Gasteiger partial charge in [0.15, 0.2) is 6.61 Å². The molecule has 0 fully saturated rings. The standard InChI is InChI=1S/C17H18N2O3/c1-12-5-3-7-15(9-12)18-17(20)11-22-16-8-4-6-14(10-16)13(2)19-21/h3-10,21H,11H2,1-2H3,(H,18,20)/b19-13+. The quantitative estimate of drug-likeness (QED) is 0.506. The van der Waals surface area contributed by atoms with E-state index in [2.05, 4.69) is 10.5 Å². The molecule has 2 aromatic carbocycles. The lowest BCUT2D eigenvalue weighted by molar-refractivity contribution is -0.118. The van der Waals surface area contributed by atoms with Crippen LogP contribution in [0.25, 0.3) is 0 Å². The van der Waals surface area contributed by atoms with Gasteiger partial charge in [-0.3, -0.25) is 4.79 Å². The number of ether oxygens (including phenoxy) is 1. The van der Waals surface area contributed by atoms with Crippen LogP contribution in [-0.4, -0.2) is 23.4 Å². The Bertz CT molecular complexity index is 696. The molecule has 22 heavy (non-hydrogen) atoms. The summed E-state index contributed by atoms with van der Waals surface area (Å²) < 4.78 is 5.46. The monoisotopic (exact) mass is 298 g/mol. The highest BCUT2D eigenvalue weighted by Gasteiger charge is 2.05. The van der Waals surface area contributed by atoms with E-state index >= 15 is 0 Å². The summed E-state index contributed by atoms with van der Waals surface area (Å²) in [4.78, 5) is 11.9. The molecule has 0 unspecified atom stereocenters. The van der Waals surface area contributed by atoms with Crippen LogP contribution in [0.2, 0.25) is 0 Å². The molecule has 0 radical (unpaired) electrons. The van der Waals surface area contributed by atoms with E-state index in [1.54, 1.807) is 31.2 Å². The van der Waals surface area contributed by atoms with Crippen molar-refractivity contribution in [3.8, 4) is 5.75 Å². The van der Waals surface area contributed by atoms with Crippen molar-refractivity contribution in [3.63, 3.8) is 0 Å². The van der Waals surface area contributed by atoms with Crippen molar-refractivity contribution in [1.29, 1.82) is 0 Å². The zero-order valence-corrected chi connectivity index (χ0v) is 12.5. The molecule has 0 atom stereocenters. The number of oxime groups is 1. The van der Waals surface area contributed by atoms with Crippen molar-refractivity contribution < 1.29 is 14.7 Å². The number of benzene rings is 2. The van der Waals surface area contributed by atoms with E-state index in [9.17, 15) is 4.79 Å². The average Bonchev–Trinajstić information content (AvgIpc) is 2.52. The maximum Gasteiger partial charge on any atom is 0.262 e. The van der Waals surface area contributed by atoms with E-state index < -0.39 is 0 Å². The Balaban J connectivity index is 1.94. The van der Waals surface area contributed by atoms with Crippen LogP contribution in [0.5, 0.6) is 5.75 Å². The first-order valence-electron chi connectivity index (χ1n) is 6.87. The Morgan fingerprint density at radius 2 is 2.00 bits per heavy atom. The van der Waals surface area contributed by atoms with Crippen molar-refractivity contribution in [3.05, 3.63) is 59.7 Å². The Kier molecular flexibility index (Phi) is 5.14. The summed E-state index contributed by atoms with van der Waals surface area (Å²) in [6.07, 6.45) is 0. The summed E-state index contributed by atoms with van der Waals surface area (Å²) in [5, 5.41) is 14.7. The SMILES string of the molecule is C/C(=N\O)c1cccc(OCC(=O)Nc2cccc(C)c2)c1. The highest BCUT2D eigenvalue weighted by atomic mass is 16.5. The first-order chi connectivity index (χ1) is 10.6. The molecule has 0 aliphatic carbocycles. The van der Waals surface area contributed by atoms with Crippen LogP contribution in [0.15, 0.2) is 53.7 Å². The number of nitrogens with zero attached hydrogens (tertiary/aromatic N) is 1. The van der Waals surface area contributed by atoms with Gasteiger partial charge in [0.05, 0.1) is 5.71 Å². The van der Waals surface area contributed by atoms with Gasteiger partial charge in [-0.25, -0.2) is 0 Å². The average molecular weight is 298 g/mol. The predicted molar refractivity (Wildman–Crippen MR) is 85.7 cm³/mol. The lowest BCUT2D eigenvalue weighted by atomic mass is 10.1. The van der Waals surface area contributed by atoms with Crippen LogP contribution >= 0.6 is 0 Å². The molecular formula is C17H18N2O3. The molecule has 2 aromatic rings. The molecule has 0 heterocycles. The third kappa shape index (κ3) is 4.34. The van der Waals surface area contributed by atoms with Gasteiger partial charge in [-0.2, -0.15) is 0 Å². The van der Waals surface area contributed by atoms with Crippen molar-refractivity contribution in [2.45, 2.75) is 13.8 Å². The number of carbonyl (C=O) groups excluding carboxylic acids is 1. The van der Waals surface area contributed by atoms with Crippen molar-refractivity contribution in [2.75, 3.05) is 11.9 Å². The Hall–Kier alpha value is -2.82. The molecule has 0 saturated heterocycles. The lowest BCUT2D eigenvalue weighted by Crippen LogP contribution is -2.20. The van der Waals surface area contributed by atoms with E-state index in [1.807, 2.05) is 31.2 Å². The molecule has 2 rings (SSSR count). The maximum atomic E-state index is 11.9. The van der Waals surface area contributed by atoms with Crippen LogP contribution < -0.4 is 10.1 Å². The number of rotatable bonds is 5. The number of amides is 1. The minimum atomic E-state index is -0.233. The normalized spacial score (nSPS) is 11.1. The second-order valence-corrected chi connectivity index (χ2v) is 4.92. The van der Waals surface area contributed by atoms with Crippen LogP contribution in [0.3, 0.4) is 0 Å². The van der Waals surface area contributed by atoms with Gasteiger partial charge >= 0.3 is 0 Å². The first-order valence-corrected chi connectivity index (χ1v) is 6.87. The van der Waals surface area contributed by atoms with E-state index in [-0.39, 0.29) is 12.5 Å². The van der Waals surface area contributed by atoms with Crippen molar-refractivity contribution in [2.24, 2.45) is 5.16 Å². The van der Waals surface area contributed by atoms with Crippen molar-refractivity contribution >= 4 is 17.3 Å². The van der Waals surface area contributed by atoms with Gasteiger partial charge < -0.3 is 15.3 Å². The number of hydrogen-bond acceptors (Lipinski definition) is 4. The van der Waals surface area contributed by atoms with Crippen LogP contribution in [0, 0.1) is 6.92 Å². The zero-order chi connectivity index (χ0) is 15.9. The van der Waals surface area contributed by atoms with Gasteiger partial charge in [0.1, 0.15) is 5.75 Å². The minimum Gasteiger partial charge on any atom is -0.484 e. The molecule has 0 aliphatic rings. The molecule has 1 amide bonds. The first kappa shape index (κ1) is 15.6. The van der Waals surface area contributed by atoms with Crippen molar-refractivity contribution in [1.82, 2.24) is 0 Å². The Labute approximate surface area is 129 Å². The molecule has 5 nitrogen and oxygen atoms in total. The van der Waals surface area contributed by atoms with Gasteiger partial charge in [0.2, 0.25) is 0 Å². The molecular weight excluding hydrogens is 280 g/mol. The topological polar surface area (TPSA) is 70.9 Å². The maximum absolute atomic E-state index is 11.9. The third-order valence-corrected chi connectivity index (χ3v) is 3.07. The van der Waals surface area contributed by atoms with E-state index in [0.29, 0.717) is 11.5 Å².